The highest BCUT2D eigenvalue weighted by molar-refractivity contribution is 7.99. The maximum atomic E-state index is 12.8. The zero-order valence-electron chi connectivity index (χ0n) is 16.7. The Hall–Kier alpha value is -2.42. The van der Waals surface area contributed by atoms with Crippen molar-refractivity contribution in [2.24, 2.45) is 7.05 Å². The lowest BCUT2D eigenvalue weighted by atomic mass is 10.2. The summed E-state index contributed by atoms with van der Waals surface area (Å²) < 4.78 is 3.02. The van der Waals surface area contributed by atoms with Crippen LogP contribution in [0, 0.1) is 0 Å². The number of amides is 1. The van der Waals surface area contributed by atoms with Crippen molar-refractivity contribution in [3.8, 4) is 11.4 Å². The van der Waals surface area contributed by atoms with Crippen LogP contribution in [-0.4, -0.2) is 43.4 Å². The molecule has 0 bridgehead atoms. The van der Waals surface area contributed by atoms with Gasteiger partial charge in [-0.25, -0.2) is 4.98 Å². The quantitative estimate of drug-likeness (QED) is 0.379. The van der Waals surface area contributed by atoms with Crippen LogP contribution in [-0.2, 0) is 11.8 Å². The zero-order valence-corrected chi connectivity index (χ0v) is 19.1. The number of nitrogens with zero attached hydrogens (tertiary/aromatic N) is 5. The molecule has 2 aromatic heterocycles. The summed E-state index contributed by atoms with van der Waals surface area (Å²) in [7, 11) is 3.71. The highest BCUT2D eigenvalue weighted by Crippen LogP contribution is 2.30. The van der Waals surface area contributed by atoms with Crippen molar-refractivity contribution < 1.29 is 4.79 Å². The molecule has 0 aliphatic rings. The topological polar surface area (TPSA) is 63.9 Å². The third kappa shape index (κ3) is 4.21. The van der Waals surface area contributed by atoms with E-state index >= 15 is 0 Å². The molecule has 1 amide bonds. The molecule has 2 aromatic carbocycles. The molecular formula is C21H20ClN5OS2. The molecule has 0 spiro atoms. The van der Waals surface area contributed by atoms with E-state index in [9.17, 15) is 4.79 Å². The molecule has 0 aliphatic carbocycles. The zero-order chi connectivity index (χ0) is 21.3. The van der Waals surface area contributed by atoms with Gasteiger partial charge in [-0.2, -0.15) is 0 Å². The summed E-state index contributed by atoms with van der Waals surface area (Å²) in [5.74, 6) is 1.03. The van der Waals surface area contributed by atoms with Gasteiger partial charge in [-0.1, -0.05) is 35.5 Å². The predicted octanol–water partition coefficient (Wildman–Crippen LogP) is 5.06. The normalized spacial score (nSPS) is 12.3. The largest absolute Gasteiger partial charge is 0.336 e. The summed E-state index contributed by atoms with van der Waals surface area (Å²) >= 11 is 8.96. The summed E-state index contributed by atoms with van der Waals surface area (Å²) in [5.41, 5.74) is 1.89. The van der Waals surface area contributed by atoms with Gasteiger partial charge in [0.2, 0.25) is 5.91 Å². The first kappa shape index (κ1) is 20.8. The second kappa shape index (κ2) is 8.75. The maximum Gasteiger partial charge on any atom is 0.233 e. The minimum Gasteiger partial charge on any atom is -0.336 e. The number of fused-ring (bicyclic) bond motifs is 1. The van der Waals surface area contributed by atoms with Crippen molar-refractivity contribution in [1.29, 1.82) is 0 Å². The fraction of sp³-hybridized carbons (Fsp3) is 0.238. The number of halogens is 1. The Bertz CT molecular complexity index is 1150. The lowest BCUT2D eigenvalue weighted by Crippen LogP contribution is -2.31. The SMILES string of the molecule is C[C@H](c1nc2ccccc2s1)N(C)C(=O)CSc1nnc(-c2ccc(Cl)cc2)n1C. The van der Waals surface area contributed by atoms with E-state index in [0.29, 0.717) is 10.2 Å². The van der Waals surface area contributed by atoms with Gasteiger partial charge in [0.05, 0.1) is 22.0 Å². The molecule has 0 radical (unpaired) electrons. The van der Waals surface area contributed by atoms with Gasteiger partial charge >= 0.3 is 0 Å². The van der Waals surface area contributed by atoms with Gasteiger partial charge in [0.15, 0.2) is 11.0 Å². The molecule has 4 aromatic rings. The van der Waals surface area contributed by atoms with E-state index in [2.05, 4.69) is 15.2 Å². The number of benzene rings is 2. The number of carbonyl (C=O) groups excluding carboxylic acids is 1. The third-order valence-corrected chi connectivity index (χ3v) is 7.37. The summed E-state index contributed by atoms with van der Waals surface area (Å²) in [5, 5.41) is 10.8. The minimum absolute atomic E-state index is 0.0165. The van der Waals surface area contributed by atoms with Crippen molar-refractivity contribution in [1.82, 2.24) is 24.6 Å². The molecule has 0 saturated heterocycles. The van der Waals surface area contributed by atoms with Crippen LogP contribution in [0.2, 0.25) is 5.02 Å². The van der Waals surface area contributed by atoms with Gasteiger partial charge in [-0.3, -0.25) is 4.79 Å². The molecule has 0 fully saturated rings. The second-order valence-electron chi connectivity index (χ2n) is 6.86. The first-order chi connectivity index (χ1) is 14.4. The van der Waals surface area contributed by atoms with Crippen molar-refractivity contribution in [2.45, 2.75) is 18.1 Å². The number of hydrogen-bond acceptors (Lipinski definition) is 6. The molecule has 9 heteroatoms. The fourth-order valence-corrected chi connectivity index (χ4v) is 4.99. The summed E-state index contributed by atoms with van der Waals surface area (Å²) in [4.78, 5) is 19.2. The molecule has 1 atom stereocenters. The van der Waals surface area contributed by atoms with E-state index in [1.165, 1.54) is 11.8 Å². The monoisotopic (exact) mass is 457 g/mol. The van der Waals surface area contributed by atoms with Gasteiger partial charge in [-0.15, -0.1) is 21.5 Å². The van der Waals surface area contributed by atoms with Crippen LogP contribution in [0.1, 0.15) is 18.0 Å². The number of para-hydroxylation sites is 1. The smallest absolute Gasteiger partial charge is 0.233 e. The minimum atomic E-state index is -0.0976. The molecular weight excluding hydrogens is 438 g/mol. The Balaban J connectivity index is 1.42. The van der Waals surface area contributed by atoms with Crippen molar-refractivity contribution in [3.63, 3.8) is 0 Å². The lowest BCUT2D eigenvalue weighted by molar-refractivity contribution is -0.128. The molecule has 4 rings (SSSR count). The second-order valence-corrected chi connectivity index (χ2v) is 9.30. The van der Waals surface area contributed by atoms with Crippen molar-refractivity contribution >= 4 is 50.8 Å². The van der Waals surface area contributed by atoms with E-state index in [0.717, 1.165) is 26.6 Å². The van der Waals surface area contributed by atoms with Gasteiger partial charge in [0.25, 0.3) is 0 Å². The van der Waals surface area contributed by atoms with Crippen LogP contribution in [0.3, 0.4) is 0 Å². The third-order valence-electron chi connectivity index (χ3n) is 4.90. The Morgan fingerprint density at radius 1 is 1.20 bits per heavy atom. The van der Waals surface area contributed by atoms with E-state index in [-0.39, 0.29) is 17.7 Å². The average molecular weight is 458 g/mol. The van der Waals surface area contributed by atoms with Crippen LogP contribution in [0.4, 0.5) is 0 Å². The molecule has 0 aliphatic heterocycles. The summed E-state index contributed by atoms with van der Waals surface area (Å²) in [6.45, 7) is 2.00. The maximum absolute atomic E-state index is 12.8. The average Bonchev–Trinajstić information content (AvgIpc) is 3.35. The van der Waals surface area contributed by atoms with E-state index in [4.69, 9.17) is 11.6 Å². The molecule has 0 unspecified atom stereocenters. The van der Waals surface area contributed by atoms with Crippen LogP contribution >= 0.6 is 34.7 Å². The fourth-order valence-electron chi connectivity index (χ4n) is 2.97. The number of rotatable bonds is 6. The highest BCUT2D eigenvalue weighted by Gasteiger charge is 2.22. The van der Waals surface area contributed by atoms with Crippen LogP contribution < -0.4 is 0 Å². The molecule has 0 N–H and O–H groups in total. The number of thioether (sulfide) groups is 1. The Labute approximate surface area is 187 Å². The number of hydrogen-bond donors (Lipinski definition) is 0. The molecule has 154 valence electrons. The molecule has 30 heavy (non-hydrogen) atoms. The molecule has 2 heterocycles. The first-order valence-corrected chi connectivity index (χ1v) is 11.5. The van der Waals surface area contributed by atoms with Crippen LogP contribution in [0.5, 0.6) is 0 Å². The van der Waals surface area contributed by atoms with E-state index < -0.39 is 0 Å². The first-order valence-electron chi connectivity index (χ1n) is 9.33. The Morgan fingerprint density at radius 3 is 2.67 bits per heavy atom. The number of carbonyl (C=O) groups is 1. The van der Waals surface area contributed by atoms with Crippen molar-refractivity contribution in [3.05, 3.63) is 58.6 Å². The summed E-state index contributed by atoms with van der Waals surface area (Å²) in [6, 6.07) is 15.4. The molecule has 0 saturated carbocycles. The molecule has 6 nitrogen and oxygen atoms in total. The number of aromatic nitrogens is 4. The standard InChI is InChI=1S/C21H20ClN5OS2/c1-13(20-23-16-6-4-5-7-17(16)30-20)26(2)18(28)12-29-21-25-24-19(27(21)3)14-8-10-15(22)11-9-14/h4-11,13H,12H2,1-3H3/t13-/m1/s1. The van der Waals surface area contributed by atoms with Crippen molar-refractivity contribution in [2.75, 3.05) is 12.8 Å². The van der Waals surface area contributed by atoms with Crippen LogP contribution in [0.15, 0.2) is 53.7 Å². The Morgan fingerprint density at radius 2 is 1.93 bits per heavy atom. The predicted molar refractivity (Wildman–Crippen MR) is 123 cm³/mol. The highest BCUT2D eigenvalue weighted by atomic mass is 35.5. The van der Waals surface area contributed by atoms with E-state index in [1.807, 2.05) is 74.1 Å². The van der Waals surface area contributed by atoms with Gasteiger partial charge in [-0.05, 0) is 43.3 Å². The summed E-state index contributed by atoms with van der Waals surface area (Å²) in [6.07, 6.45) is 0. The van der Waals surface area contributed by atoms with E-state index in [1.54, 1.807) is 16.2 Å². The van der Waals surface area contributed by atoms with Crippen LogP contribution in [0.25, 0.3) is 21.6 Å². The van der Waals surface area contributed by atoms with Gasteiger partial charge < -0.3 is 9.47 Å². The number of thiazole rings is 1. The van der Waals surface area contributed by atoms with Gasteiger partial charge in [0.1, 0.15) is 5.01 Å². The Kier molecular flexibility index (Phi) is 6.08. The lowest BCUT2D eigenvalue weighted by Gasteiger charge is -2.23. The van der Waals surface area contributed by atoms with Gasteiger partial charge in [0, 0.05) is 24.7 Å².